The lowest BCUT2D eigenvalue weighted by atomic mass is 10.5. The molecule has 35 valence electrons. The van der Waals surface area contributed by atoms with Crippen molar-refractivity contribution < 1.29 is 4.79 Å². The van der Waals surface area contributed by atoms with Crippen molar-refractivity contribution in [2.24, 2.45) is 5.73 Å². The van der Waals surface area contributed by atoms with E-state index in [0.29, 0.717) is 0 Å². The summed E-state index contributed by atoms with van der Waals surface area (Å²) >= 11 is 3.54. The van der Waals surface area contributed by atoms with Gasteiger partial charge in [-0.15, -0.1) is 0 Å². The van der Waals surface area contributed by atoms with Crippen LogP contribution in [0.3, 0.4) is 0 Å². The summed E-state index contributed by atoms with van der Waals surface area (Å²) < 4.78 is 0. The molecule has 0 saturated carbocycles. The maximum Gasteiger partial charge on any atom is 0.160 e. The first kappa shape index (κ1) is 5.98. The molecule has 0 atom stereocenters. The number of ketones is 1. The third-order valence-electron chi connectivity index (χ3n) is 0.345. The Kier molecular flexibility index (Phi) is 3.17. The molecule has 0 saturated heterocycles. The van der Waals surface area contributed by atoms with Crippen LogP contribution < -0.4 is 5.73 Å². The predicted molar refractivity (Wildman–Crippen MR) is 27.3 cm³/mol. The molecule has 0 heterocycles. The summed E-state index contributed by atoms with van der Waals surface area (Å²) in [5.41, 5.74) is 4.85. The van der Waals surface area contributed by atoms with Crippen LogP contribution in [-0.2, 0) is 4.79 Å². The topological polar surface area (TPSA) is 43.1 Å². The molecule has 2 N–H and O–H groups in total. The summed E-state index contributed by atoms with van der Waals surface area (Å²) in [6, 6.07) is 0. The van der Waals surface area contributed by atoms with Gasteiger partial charge in [-0.05, 0) is 0 Å². The van der Waals surface area contributed by atoms with Gasteiger partial charge in [-0.3, -0.25) is 4.79 Å². The minimum atomic E-state index is -0.140. The third-order valence-corrected chi connectivity index (χ3v) is 0.633. The molecule has 0 aliphatic heterocycles. The standard InChI is InChI=1S/C3H6NOS/c4-1-3(5)2-6/h2,6H,1,4H2. The van der Waals surface area contributed by atoms with Gasteiger partial charge in [0, 0.05) is 0 Å². The highest BCUT2D eigenvalue weighted by molar-refractivity contribution is 7.83. The zero-order valence-corrected chi connectivity index (χ0v) is 4.11. The van der Waals surface area contributed by atoms with Crippen LogP contribution in [0, 0.1) is 5.75 Å². The first-order valence-corrected chi connectivity index (χ1v) is 2.03. The summed E-state index contributed by atoms with van der Waals surface area (Å²) in [4.78, 5) is 9.92. The van der Waals surface area contributed by atoms with Gasteiger partial charge < -0.3 is 5.73 Å². The van der Waals surface area contributed by atoms with Crippen molar-refractivity contribution in [3.05, 3.63) is 5.75 Å². The van der Waals surface area contributed by atoms with Crippen molar-refractivity contribution in [1.82, 2.24) is 0 Å². The van der Waals surface area contributed by atoms with Crippen molar-refractivity contribution in [1.29, 1.82) is 0 Å². The molecule has 0 aromatic rings. The van der Waals surface area contributed by atoms with E-state index in [0.717, 1.165) is 5.75 Å². The van der Waals surface area contributed by atoms with Gasteiger partial charge in [0.1, 0.15) is 0 Å². The lowest BCUT2D eigenvalue weighted by molar-refractivity contribution is -0.113. The molecule has 3 heteroatoms. The van der Waals surface area contributed by atoms with Crippen molar-refractivity contribution in [3.63, 3.8) is 0 Å². The smallest absolute Gasteiger partial charge is 0.160 e. The van der Waals surface area contributed by atoms with Crippen molar-refractivity contribution >= 4 is 18.4 Å². The minimum absolute atomic E-state index is 0.0590. The van der Waals surface area contributed by atoms with Crippen LogP contribution in [0.2, 0.25) is 0 Å². The molecule has 0 aromatic heterocycles. The molecule has 0 spiro atoms. The third kappa shape index (κ3) is 2.23. The van der Waals surface area contributed by atoms with E-state index >= 15 is 0 Å². The van der Waals surface area contributed by atoms with Crippen LogP contribution in [-0.4, -0.2) is 12.3 Å². The van der Waals surface area contributed by atoms with E-state index < -0.39 is 0 Å². The summed E-state index contributed by atoms with van der Waals surface area (Å²) in [7, 11) is 0. The van der Waals surface area contributed by atoms with Gasteiger partial charge >= 0.3 is 0 Å². The Hall–Kier alpha value is -0.0200. The van der Waals surface area contributed by atoms with Gasteiger partial charge in [-0.2, -0.15) is 12.6 Å². The van der Waals surface area contributed by atoms with Crippen LogP contribution in [0.15, 0.2) is 0 Å². The number of carbonyl (C=O) groups excluding carboxylic acids is 1. The fourth-order valence-electron chi connectivity index (χ4n) is 0.0527. The largest absolute Gasteiger partial charge is 0.324 e. The molecular weight excluding hydrogens is 98.1 g/mol. The lowest BCUT2D eigenvalue weighted by Gasteiger charge is -1.80. The van der Waals surface area contributed by atoms with Crippen molar-refractivity contribution in [2.75, 3.05) is 6.54 Å². The molecule has 0 unspecified atom stereocenters. The molecule has 0 fully saturated rings. The second-order valence-electron chi connectivity index (χ2n) is 0.800. The molecule has 2 nitrogen and oxygen atoms in total. The first-order valence-electron chi connectivity index (χ1n) is 1.51. The molecule has 0 aliphatic rings. The molecule has 0 aromatic carbocycles. The maximum atomic E-state index is 9.92. The second kappa shape index (κ2) is 3.18. The van der Waals surface area contributed by atoms with Crippen LogP contribution >= 0.6 is 12.6 Å². The van der Waals surface area contributed by atoms with Gasteiger partial charge in [0.05, 0.1) is 12.3 Å². The van der Waals surface area contributed by atoms with Gasteiger partial charge in [-0.25, -0.2) is 0 Å². The van der Waals surface area contributed by atoms with Crippen LogP contribution in [0.1, 0.15) is 0 Å². The molecule has 1 radical (unpaired) electrons. The van der Waals surface area contributed by atoms with Crippen LogP contribution in [0.5, 0.6) is 0 Å². The molecule has 0 bridgehead atoms. The normalized spacial score (nSPS) is 8.33. The lowest BCUT2D eigenvalue weighted by Crippen LogP contribution is -2.10. The highest BCUT2D eigenvalue weighted by Crippen LogP contribution is 1.79. The SMILES string of the molecule is NCC(=O)[CH]S. The van der Waals surface area contributed by atoms with E-state index in [1.165, 1.54) is 0 Å². The van der Waals surface area contributed by atoms with E-state index in [1.807, 2.05) is 0 Å². The van der Waals surface area contributed by atoms with Gasteiger partial charge in [0.15, 0.2) is 5.78 Å². The Morgan fingerprint density at radius 1 is 2.00 bits per heavy atom. The summed E-state index contributed by atoms with van der Waals surface area (Å²) in [5, 5.41) is 0. The average Bonchev–Trinajstić information content (AvgIpc) is 1.65. The highest BCUT2D eigenvalue weighted by atomic mass is 32.1. The van der Waals surface area contributed by atoms with E-state index in [2.05, 4.69) is 12.6 Å². The molecule has 0 amide bonds. The van der Waals surface area contributed by atoms with Gasteiger partial charge in [0.25, 0.3) is 0 Å². The maximum absolute atomic E-state index is 9.92. The molecule has 0 rings (SSSR count). The van der Waals surface area contributed by atoms with E-state index in [4.69, 9.17) is 5.73 Å². The van der Waals surface area contributed by atoms with Crippen LogP contribution in [0.25, 0.3) is 0 Å². The number of carbonyl (C=O) groups is 1. The predicted octanol–water partition coefficient (Wildman–Crippen LogP) is -0.394. The Labute approximate surface area is 42.1 Å². The number of rotatable bonds is 2. The quantitative estimate of drug-likeness (QED) is 0.468. The second-order valence-corrected chi connectivity index (χ2v) is 1.06. The summed E-state index contributed by atoms with van der Waals surface area (Å²) in [5.74, 6) is 1.01. The number of nitrogens with two attached hydrogens (primary N) is 1. The highest BCUT2D eigenvalue weighted by Gasteiger charge is 1.88. The van der Waals surface area contributed by atoms with E-state index in [1.54, 1.807) is 0 Å². The molecule has 6 heavy (non-hydrogen) atoms. The summed E-state index contributed by atoms with van der Waals surface area (Å²) in [6.45, 7) is 0.0590. The Morgan fingerprint density at radius 2 is 2.50 bits per heavy atom. The molecular formula is C3H6NOS. The fraction of sp³-hybridized carbons (Fsp3) is 0.333. The Morgan fingerprint density at radius 3 is 2.50 bits per heavy atom. The zero-order chi connectivity index (χ0) is 4.99. The number of Topliss-reactive ketones (excluding diaryl/α,β-unsaturated/α-hetero) is 1. The van der Waals surface area contributed by atoms with Gasteiger partial charge in [0.2, 0.25) is 0 Å². The van der Waals surface area contributed by atoms with Crippen LogP contribution in [0.4, 0.5) is 0 Å². The Bertz CT molecular complexity index is 48.8. The number of hydrogen-bond acceptors (Lipinski definition) is 3. The number of thiol groups is 1. The minimum Gasteiger partial charge on any atom is -0.324 e. The fourth-order valence-corrected chi connectivity index (χ4v) is 0.158. The van der Waals surface area contributed by atoms with Gasteiger partial charge in [-0.1, -0.05) is 0 Å². The van der Waals surface area contributed by atoms with Crippen molar-refractivity contribution in [2.45, 2.75) is 0 Å². The first-order chi connectivity index (χ1) is 2.81. The average molecular weight is 104 g/mol. The summed E-state index contributed by atoms with van der Waals surface area (Å²) in [6.07, 6.45) is 0. The Balaban J connectivity index is 2.99. The monoisotopic (exact) mass is 104 g/mol. The molecule has 0 aliphatic carbocycles. The van der Waals surface area contributed by atoms with E-state index in [-0.39, 0.29) is 12.3 Å². The van der Waals surface area contributed by atoms with Crippen molar-refractivity contribution in [3.8, 4) is 0 Å². The van der Waals surface area contributed by atoms with E-state index in [9.17, 15) is 4.79 Å². The number of hydrogen-bond donors (Lipinski definition) is 2. The zero-order valence-electron chi connectivity index (χ0n) is 3.22.